The summed E-state index contributed by atoms with van der Waals surface area (Å²) in [5.74, 6) is 0.672. The van der Waals surface area contributed by atoms with Gasteiger partial charge in [0.15, 0.2) is 0 Å². The van der Waals surface area contributed by atoms with Crippen LogP contribution in [-0.4, -0.2) is 23.7 Å². The number of rotatable bonds is 4. The average Bonchev–Trinajstić information content (AvgIpc) is 2.91. The fourth-order valence-electron chi connectivity index (χ4n) is 2.04. The summed E-state index contributed by atoms with van der Waals surface area (Å²) in [5.41, 5.74) is 1.02. The third-order valence-corrected chi connectivity index (χ3v) is 4.13. The fourth-order valence-corrected chi connectivity index (χ4v) is 3.09. The molecule has 0 bridgehead atoms. The highest BCUT2D eigenvalue weighted by atomic mass is 32.1. The lowest BCUT2D eigenvalue weighted by molar-refractivity contribution is 0.200. The molecule has 2 heterocycles. The SMILES string of the molecule is COCCc1nc2sc(-c3ccccc3)cc2c(=O)[nH]1. The molecule has 0 fully saturated rings. The second-order valence-corrected chi connectivity index (χ2v) is 5.48. The Hall–Kier alpha value is -1.98. The second kappa shape index (κ2) is 5.56. The summed E-state index contributed by atoms with van der Waals surface area (Å²) < 4.78 is 5.01. The van der Waals surface area contributed by atoms with E-state index in [2.05, 4.69) is 9.97 Å². The zero-order chi connectivity index (χ0) is 13.9. The molecule has 1 N–H and O–H groups in total. The Bertz CT molecular complexity index is 777. The highest BCUT2D eigenvalue weighted by Crippen LogP contribution is 2.30. The number of methoxy groups -OCH3 is 1. The highest BCUT2D eigenvalue weighted by Gasteiger charge is 2.09. The molecular weight excluding hydrogens is 272 g/mol. The van der Waals surface area contributed by atoms with Crippen molar-refractivity contribution in [2.45, 2.75) is 6.42 Å². The van der Waals surface area contributed by atoms with E-state index < -0.39 is 0 Å². The molecule has 0 aliphatic rings. The first-order valence-electron chi connectivity index (χ1n) is 6.35. The van der Waals surface area contributed by atoms with Crippen LogP contribution < -0.4 is 5.56 Å². The first-order chi connectivity index (χ1) is 9.78. The summed E-state index contributed by atoms with van der Waals surface area (Å²) in [4.78, 5) is 21.2. The molecule has 0 saturated heterocycles. The van der Waals surface area contributed by atoms with Gasteiger partial charge in [-0.1, -0.05) is 30.3 Å². The number of hydrogen-bond acceptors (Lipinski definition) is 4. The molecule has 0 unspecified atom stereocenters. The molecule has 2 aromatic heterocycles. The van der Waals surface area contributed by atoms with Gasteiger partial charge in [0.05, 0.1) is 12.0 Å². The first-order valence-corrected chi connectivity index (χ1v) is 7.16. The lowest BCUT2D eigenvalue weighted by atomic mass is 10.2. The third kappa shape index (κ3) is 2.50. The minimum atomic E-state index is -0.0838. The van der Waals surface area contributed by atoms with Crippen LogP contribution >= 0.6 is 11.3 Å². The fraction of sp³-hybridized carbons (Fsp3) is 0.200. The number of ether oxygens (including phenoxy) is 1. The predicted octanol–water partition coefficient (Wildman–Crippen LogP) is 2.84. The lowest BCUT2D eigenvalue weighted by Crippen LogP contribution is -2.12. The van der Waals surface area contributed by atoms with Crippen LogP contribution in [0.25, 0.3) is 20.7 Å². The number of benzene rings is 1. The number of H-pyrrole nitrogens is 1. The molecule has 1 aromatic carbocycles. The van der Waals surface area contributed by atoms with Crippen LogP contribution in [-0.2, 0) is 11.2 Å². The Balaban J connectivity index is 2.07. The van der Waals surface area contributed by atoms with E-state index in [1.807, 2.05) is 36.4 Å². The van der Waals surface area contributed by atoms with Crippen molar-refractivity contribution in [3.05, 3.63) is 52.6 Å². The quantitative estimate of drug-likeness (QED) is 0.802. The van der Waals surface area contributed by atoms with Gasteiger partial charge in [0.2, 0.25) is 0 Å². The molecule has 5 heteroatoms. The van der Waals surface area contributed by atoms with Crippen molar-refractivity contribution < 1.29 is 4.74 Å². The maximum absolute atomic E-state index is 12.1. The molecule has 0 saturated carbocycles. The minimum Gasteiger partial charge on any atom is -0.384 e. The summed E-state index contributed by atoms with van der Waals surface area (Å²) in [6.45, 7) is 0.547. The van der Waals surface area contributed by atoms with E-state index in [9.17, 15) is 4.79 Å². The molecule has 0 aliphatic carbocycles. The number of nitrogens with one attached hydrogen (secondary N) is 1. The maximum atomic E-state index is 12.1. The molecule has 3 rings (SSSR count). The van der Waals surface area contributed by atoms with E-state index in [0.29, 0.717) is 24.2 Å². The van der Waals surface area contributed by atoms with Crippen molar-refractivity contribution >= 4 is 21.6 Å². The predicted molar refractivity (Wildman–Crippen MR) is 81.3 cm³/mol. The van der Waals surface area contributed by atoms with Crippen LogP contribution in [0.1, 0.15) is 5.82 Å². The van der Waals surface area contributed by atoms with Gasteiger partial charge in [0.1, 0.15) is 10.7 Å². The van der Waals surface area contributed by atoms with Crippen molar-refractivity contribution in [3.63, 3.8) is 0 Å². The molecule has 0 amide bonds. The normalized spacial score (nSPS) is 11.1. The van der Waals surface area contributed by atoms with Crippen molar-refractivity contribution in [2.75, 3.05) is 13.7 Å². The van der Waals surface area contributed by atoms with Crippen LogP contribution in [0.3, 0.4) is 0 Å². The van der Waals surface area contributed by atoms with Gasteiger partial charge in [-0.25, -0.2) is 4.98 Å². The van der Waals surface area contributed by atoms with E-state index in [1.165, 1.54) is 0 Å². The maximum Gasteiger partial charge on any atom is 0.259 e. The largest absolute Gasteiger partial charge is 0.384 e. The Morgan fingerprint density at radius 3 is 2.85 bits per heavy atom. The van der Waals surface area contributed by atoms with Crippen LogP contribution in [0, 0.1) is 0 Å². The number of aromatic amines is 1. The minimum absolute atomic E-state index is 0.0838. The molecule has 0 radical (unpaired) electrons. The first kappa shape index (κ1) is 13.0. The number of hydrogen-bond donors (Lipinski definition) is 1. The van der Waals surface area contributed by atoms with Gasteiger partial charge < -0.3 is 9.72 Å². The van der Waals surface area contributed by atoms with E-state index >= 15 is 0 Å². The summed E-state index contributed by atoms with van der Waals surface area (Å²) in [6, 6.07) is 11.9. The summed E-state index contributed by atoms with van der Waals surface area (Å²) >= 11 is 1.54. The topological polar surface area (TPSA) is 55.0 Å². The number of thiophene rings is 1. The van der Waals surface area contributed by atoms with E-state index in [-0.39, 0.29) is 5.56 Å². The van der Waals surface area contributed by atoms with E-state index in [4.69, 9.17) is 4.74 Å². The highest BCUT2D eigenvalue weighted by molar-refractivity contribution is 7.21. The number of fused-ring (bicyclic) bond motifs is 1. The van der Waals surface area contributed by atoms with Gasteiger partial charge in [-0.3, -0.25) is 4.79 Å². The number of aromatic nitrogens is 2. The van der Waals surface area contributed by atoms with Crippen LogP contribution in [0.4, 0.5) is 0 Å². The van der Waals surface area contributed by atoms with Gasteiger partial charge in [0, 0.05) is 18.4 Å². The van der Waals surface area contributed by atoms with Crippen molar-refractivity contribution in [3.8, 4) is 10.4 Å². The Morgan fingerprint density at radius 2 is 2.10 bits per heavy atom. The van der Waals surface area contributed by atoms with Gasteiger partial charge >= 0.3 is 0 Å². The molecule has 4 nitrogen and oxygen atoms in total. The molecular formula is C15H14N2O2S. The summed E-state index contributed by atoms with van der Waals surface area (Å²) in [5, 5.41) is 0.648. The zero-order valence-electron chi connectivity index (χ0n) is 11.1. The van der Waals surface area contributed by atoms with Crippen LogP contribution in [0.5, 0.6) is 0 Å². The van der Waals surface area contributed by atoms with Crippen LogP contribution in [0.2, 0.25) is 0 Å². The Kier molecular flexibility index (Phi) is 3.62. The molecule has 20 heavy (non-hydrogen) atoms. The van der Waals surface area contributed by atoms with Crippen molar-refractivity contribution in [1.82, 2.24) is 9.97 Å². The monoisotopic (exact) mass is 286 g/mol. The van der Waals surface area contributed by atoms with E-state index in [1.54, 1.807) is 18.4 Å². The van der Waals surface area contributed by atoms with E-state index in [0.717, 1.165) is 15.3 Å². The summed E-state index contributed by atoms with van der Waals surface area (Å²) in [7, 11) is 1.63. The van der Waals surface area contributed by atoms with Gasteiger partial charge in [-0.05, 0) is 11.6 Å². The standard InChI is InChI=1S/C15H14N2O2S/c1-19-8-7-13-16-14(18)11-9-12(20-15(11)17-13)10-5-3-2-4-6-10/h2-6,9H,7-8H2,1H3,(H,16,17,18). The smallest absolute Gasteiger partial charge is 0.259 e. The van der Waals surface area contributed by atoms with Gasteiger partial charge in [-0.15, -0.1) is 11.3 Å². The number of nitrogens with zero attached hydrogens (tertiary/aromatic N) is 1. The van der Waals surface area contributed by atoms with Crippen molar-refractivity contribution in [2.24, 2.45) is 0 Å². The van der Waals surface area contributed by atoms with Gasteiger partial charge in [0.25, 0.3) is 5.56 Å². The molecule has 0 spiro atoms. The molecule has 102 valence electrons. The summed E-state index contributed by atoms with van der Waals surface area (Å²) in [6.07, 6.45) is 0.611. The molecule has 3 aromatic rings. The average molecular weight is 286 g/mol. The second-order valence-electron chi connectivity index (χ2n) is 4.45. The Morgan fingerprint density at radius 1 is 1.30 bits per heavy atom. The van der Waals surface area contributed by atoms with Crippen LogP contribution in [0.15, 0.2) is 41.2 Å². The molecule has 0 aliphatic heterocycles. The third-order valence-electron chi connectivity index (χ3n) is 3.05. The molecule has 0 atom stereocenters. The zero-order valence-corrected chi connectivity index (χ0v) is 11.9. The van der Waals surface area contributed by atoms with Gasteiger partial charge in [-0.2, -0.15) is 0 Å². The van der Waals surface area contributed by atoms with Crippen molar-refractivity contribution in [1.29, 1.82) is 0 Å². The Labute approximate surface area is 120 Å². The lowest BCUT2D eigenvalue weighted by Gasteiger charge is -1.98.